The van der Waals surface area contributed by atoms with E-state index in [2.05, 4.69) is 17.2 Å². The van der Waals surface area contributed by atoms with Crippen molar-refractivity contribution in [3.63, 3.8) is 0 Å². The average Bonchev–Trinajstić information content (AvgIpc) is 3.11. The second kappa shape index (κ2) is 5.02. The molecule has 3 heterocycles. The molecule has 1 atom stereocenters. The Balaban J connectivity index is 1.94. The highest BCUT2D eigenvalue weighted by Crippen LogP contribution is 2.36. The summed E-state index contributed by atoms with van der Waals surface area (Å²) in [6.07, 6.45) is 1.96. The normalized spacial score (nSPS) is 18.5. The summed E-state index contributed by atoms with van der Waals surface area (Å²) in [6, 6.07) is 1.78. The Labute approximate surface area is 123 Å². The van der Waals surface area contributed by atoms with Gasteiger partial charge in [0.1, 0.15) is 0 Å². The van der Waals surface area contributed by atoms with E-state index in [1.807, 2.05) is 30.5 Å². The molecule has 6 heteroatoms. The first kappa shape index (κ1) is 13.9. The summed E-state index contributed by atoms with van der Waals surface area (Å²) in [6.45, 7) is 6.62. The Morgan fingerprint density at radius 1 is 1.38 bits per heavy atom. The van der Waals surface area contributed by atoms with Crippen molar-refractivity contribution in [3.05, 3.63) is 34.5 Å². The van der Waals surface area contributed by atoms with Crippen molar-refractivity contribution >= 4 is 5.91 Å². The number of aryl methyl sites for hydroxylation is 3. The lowest BCUT2D eigenvalue weighted by Crippen LogP contribution is -2.30. The van der Waals surface area contributed by atoms with Gasteiger partial charge in [-0.3, -0.25) is 9.48 Å². The number of rotatable bonds is 2. The summed E-state index contributed by atoms with van der Waals surface area (Å²) in [4.78, 5) is 14.5. The van der Waals surface area contributed by atoms with Gasteiger partial charge in [0.15, 0.2) is 0 Å². The minimum absolute atomic E-state index is 0.0802. The smallest absolute Gasteiger partial charge is 0.292 e. The van der Waals surface area contributed by atoms with Crippen LogP contribution in [0.15, 0.2) is 10.6 Å². The van der Waals surface area contributed by atoms with E-state index in [0.29, 0.717) is 5.76 Å². The van der Waals surface area contributed by atoms with Crippen LogP contribution in [0.1, 0.15) is 52.1 Å². The number of hydrogen-bond acceptors (Lipinski definition) is 4. The van der Waals surface area contributed by atoms with Crippen LogP contribution in [0, 0.1) is 20.8 Å². The first-order chi connectivity index (χ1) is 9.99. The summed E-state index contributed by atoms with van der Waals surface area (Å²) in [5.74, 6) is 0.236. The van der Waals surface area contributed by atoms with Crippen LogP contribution in [0.25, 0.3) is 0 Å². The second-order valence-electron chi connectivity index (χ2n) is 5.70. The van der Waals surface area contributed by atoms with Crippen molar-refractivity contribution in [1.82, 2.24) is 19.8 Å². The van der Waals surface area contributed by atoms with Crippen LogP contribution in [-0.2, 0) is 7.05 Å². The number of nitrogens with zero attached hydrogens (tertiary/aromatic N) is 4. The third kappa shape index (κ3) is 2.24. The molecular formula is C15H20N4O2. The summed E-state index contributed by atoms with van der Waals surface area (Å²) in [5.41, 5.74) is 4.00. The van der Waals surface area contributed by atoms with Crippen LogP contribution in [0.4, 0.5) is 0 Å². The first-order valence-electron chi connectivity index (χ1n) is 7.23. The molecule has 1 aliphatic heterocycles. The van der Waals surface area contributed by atoms with Crippen LogP contribution >= 0.6 is 0 Å². The minimum atomic E-state index is -0.0826. The van der Waals surface area contributed by atoms with Gasteiger partial charge in [-0.25, -0.2) is 0 Å². The molecule has 1 saturated heterocycles. The molecule has 0 bridgehead atoms. The van der Waals surface area contributed by atoms with E-state index in [1.54, 1.807) is 6.07 Å². The Hall–Kier alpha value is -2.11. The quantitative estimate of drug-likeness (QED) is 0.850. The number of aromatic nitrogens is 3. The highest BCUT2D eigenvalue weighted by Gasteiger charge is 2.35. The van der Waals surface area contributed by atoms with Crippen molar-refractivity contribution in [1.29, 1.82) is 0 Å². The summed E-state index contributed by atoms with van der Waals surface area (Å²) < 4.78 is 7.01. The molecule has 3 rings (SSSR count). The van der Waals surface area contributed by atoms with E-state index in [4.69, 9.17) is 4.52 Å². The third-order valence-corrected chi connectivity index (χ3v) is 4.25. The Kier molecular flexibility index (Phi) is 3.31. The van der Waals surface area contributed by atoms with E-state index >= 15 is 0 Å². The van der Waals surface area contributed by atoms with Crippen molar-refractivity contribution in [2.45, 2.75) is 39.7 Å². The molecule has 1 unspecified atom stereocenters. The molecule has 1 amide bonds. The van der Waals surface area contributed by atoms with Gasteiger partial charge in [-0.15, -0.1) is 0 Å². The van der Waals surface area contributed by atoms with Gasteiger partial charge in [0.05, 0.1) is 17.4 Å². The molecule has 0 saturated carbocycles. The van der Waals surface area contributed by atoms with Crippen LogP contribution in [0.2, 0.25) is 0 Å². The Morgan fingerprint density at radius 3 is 2.71 bits per heavy atom. The van der Waals surface area contributed by atoms with Gasteiger partial charge in [0.25, 0.3) is 5.91 Å². The summed E-state index contributed by atoms with van der Waals surface area (Å²) in [7, 11) is 1.94. The van der Waals surface area contributed by atoms with Gasteiger partial charge >= 0.3 is 0 Å². The van der Waals surface area contributed by atoms with Crippen molar-refractivity contribution in [3.8, 4) is 0 Å². The van der Waals surface area contributed by atoms with Gasteiger partial charge in [-0.05, 0) is 33.6 Å². The van der Waals surface area contributed by atoms with E-state index < -0.39 is 0 Å². The molecule has 0 radical (unpaired) electrons. The largest absolute Gasteiger partial charge is 0.351 e. The number of hydrogen-bond donors (Lipinski definition) is 0. The topological polar surface area (TPSA) is 64.2 Å². The van der Waals surface area contributed by atoms with Crippen molar-refractivity contribution < 1.29 is 9.32 Å². The van der Waals surface area contributed by atoms with Gasteiger partial charge in [0.2, 0.25) is 5.76 Å². The van der Waals surface area contributed by atoms with Crippen LogP contribution < -0.4 is 0 Å². The monoisotopic (exact) mass is 288 g/mol. The predicted molar refractivity (Wildman–Crippen MR) is 76.9 cm³/mol. The highest BCUT2D eigenvalue weighted by molar-refractivity contribution is 5.92. The maximum absolute atomic E-state index is 12.6. The van der Waals surface area contributed by atoms with Crippen LogP contribution in [0.3, 0.4) is 0 Å². The number of likely N-dealkylation sites (tertiary alicyclic amines) is 1. The molecule has 0 aliphatic carbocycles. The summed E-state index contributed by atoms with van der Waals surface area (Å²) in [5, 5.41) is 8.28. The second-order valence-corrected chi connectivity index (χ2v) is 5.70. The van der Waals surface area contributed by atoms with Gasteiger partial charge < -0.3 is 9.42 Å². The SMILES string of the molecule is Cc1cc(C(=O)N2CCCC2c2c(C)nn(C)c2C)on1. The fourth-order valence-electron chi connectivity index (χ4n) is 3.19. The molecule has 2 aromatic heterocycles. The lowest BCUT2D eigenvalue weighted by Gasteiger charge is -2.24. The maximum Gasteiger partial charge on any atom is 0.292 e. The number of carbonyl (C=O) groups is 1. The molecule has 0 N–H and O–H groups in total. The average molecular weight is 288 g/mol. The zero-order valence-electron chi connectivity index (χ0n) is 12.9. The minimum Gasteiger partial charge on any atom is -0.351 e. The molecule has 1 aliphatic rings. The van der Waals surface area contributed by atoms with Crippen molar-refractivity contribution in [2.24, 2.45) is 7.05 Å². The molecule has 0 spiro atoms. The van der Waals surface area contributed by atoms with Crippen LogP contribution in [-0.4, -0.2) is 32.3 Å². The predicted octanol–water partition coefficient (Wildman–Crippen LogP) is 2.31. The zero-order valence-corrected chi connectivity index (χ0v) is 12.9. The van der Waals surface area contributed by atoms with Gasteiger partial charge in [0, 0.05) is 30.9 Å². The van der Waals surface area contributed by atoms with E-state index in [0.717, 1.165) is 36.5 Å². The fraction of sp³-hybridized carbons (Fsp3) is 0.533. The zero-order chi connectivity index (χ0) is 15.1. The molecule has 2 aromatic rings. The standard InChI is InChI=1S/C15H20N4O2/c1-9-8-13(21-17-9)15(20)19-7-5-6-12(19)14-10(2)16-18(4)11(14)3/h8,12H,5-7H2,1-4H3. The van der Waals surface area contributed by atoms with Gasteiger partial charge in [-0.1, -0.05) is 5.16 Å². The van der Waals surface area contributed by atoms with E-state index in [9.17, 15) is 4.79 Å². The highest BCUT2D eigenvalue weighted by atomic mass is 16.5. The van der Waals surface area contributed by atoms with Crippen LogP contribution in [0.5, 0.6) is 0 Å². The lowest BCUT2D eigenvalue weighted by atomic mass is 10.0. The molecule has 112 valence electrons. The first-order valence-corrected chi connectivity index (χ1v) is 7.23. The Bertz CT molecular complexity index is 686. The van der Waals surface area contributed by atoms with Crippen molar-refractivity contribution in [2.75, 3.05) is 6.54 Å². The lowest BCUT2D eigenvalue weighted by molar-refractivity contribution is 0.0692. The number of carbonyl (C=O) groups excluding carboxylic acids is 1. The summed E-state index contributed by atoms with van der Waals surface area (Å²) >= 11 is 0. The molecule has 21 heavy (non-hydrogen) atoms. The Morgan fingerprint density at radius 2 is 2.14 bits per heavy atom. The molecular weight excluding hydrogens is 268 g/mol. The number of amides is 1. The maximum atomic E-state index is 12.6. The van der Waals surface area contributed by atoms with E-state index in [-0.39, 0.29) is 11.9 Å². The molecule has 6 nitrogen and oxygen atoms in total. The molecule has 0 aromatic carbocycles. The molecule has 1 fully saturated rings. The fourth-order valence-corrected chi connectivity index (χ4v) is 3.19. The van der Waals surface area contributed by atoms with Gasteiger partial charge in [-0.2, -0.15) is 5.10 Å². The van der Waals surface area contributed by atoms with E-state index in [1.165, 1.54) is 5.56 Å². The third-order valence-electron chi connectivity index (χ3n) is 4.25.